The highest BCUT2D eigenvalue weighted by Crippen LogP contribution is 2.26. The Morgan fingerprint density at radius 1 is 1.15 bits per heavy atom. The van der Waals surface area contributed by atoms with Gasteiger partial charge in [-0.15, -0.1) is 0 Å². The molecule has 2 unspecified atom stereocenters. The van der Waals surface area contributed by atoms with E-state index in [1.165, 1.54) is 12.2 Å². The molecule has 6 heteroatoms. The van der Waals surface area contributed by atoms with Gasteiger partial charge in [0.1, 0.15) is 5.78 Å². The second kappa shape index (κ2) is 8.29. The number of nitrogens with zero attached hydrogens (tertiary/aromatic N) is 1. The Labute approximate surface area is 158 Å². The molecule has 142 valence electrons. The van der Waals surface area contributed by atoms with Gasteiger partial charge in [-0.2, -0.15) is 0 Å². The number of ketones is 1. The van der Waals surface area contributed by atoms with E-state index in [1.807, 2.05) is 31.2 Å². The van der Waals surface area contributed by atoms with Gasteiger partial charge in [-0.05, 0) is 37.3 Å². The van der Waals surface area contributed by atoms with Crippen LogP contribution < -0.4 is 5.32 Å². The lowest BCUT2D eigenvalue weighted by Crippen LogP contribution is -2.39. The second-order valence-corrected chi connectivity index (χ2v) is 7.18. The summed E-state index contributed by atoms with van der Waals surface area (Å²) in [6, 6.07) is 7.82. The van der Waals surface area contributed by atoms with Crippen molar-refractivity contribution in [2.45, 2.75) is 38.5 Å². The molecule has 1 aliphatic heterocycles. The Bertz CT molecular complexity index is 764. The Hall–Kier alpha value is -2.76. The van der Waals surface area contributed by atoms with Crippen LogP contribution in [0.3, 0.4) is 0 Å². The standard InChI is InChI=1S/C21H24N2O4/c1-14(21(27)22-11-12-23-19(25)9-10-20(23)26)16-7-5-15(6-8-16)13-17-3-2-4-18(17)24/h5-10,14,17H,2-4,11-13H2,1H3,(H,22,27). The minimum absolute atomic E-state index is 0.141. The summed E-state index contributed by atoms with van der Waals surface area (Å²) in [5.41, 5.74) is 2.01. The Balaban J connectivity index is 1.48. The van der Waals surface area contributed by atoms with Crippen molar-refractivity contribution in [1.82, 2.24) is 10.2 Å². The molecule has 6 nitrogen and oxygen atoms in total. The number of hydrogen-bond donors (Lipinski definition) is 1. The zero-order valence-electron chi connectivity index (χ0n) is 15.4. The molecule has 2 atom stereocenters. The zero-order valence-corrected chi connectivity index (χ0v) is 15.4. The van der Waals surface area contributed by atoms with Crippen LogP contribution in [-0.4, -0.2) is 41.5 Å². The third kappa shape index (κ3) is 4.51. The van der Waals surface area contributed by atoms with E-state index in [9.17, 15) is 19.2 Å². The number of carbonyl (C=O) groups excluding carboxylic acids is 4. The van der Waals surface area contributed by atoms with E-state index >= 15 is 0 Å². The first-order chi connectivity index (χ1) is 13.0. The molecule has 1 aromatic rings. The molecule has 0 saturated heterocycles. The number of hydrogen-bond acceptors (Lipinski definition) is 4. The van der Waals surface area contributed by atoms with E-state index in [0.29, 0.717) is 12.2 Å². The maximum atomic E-state index is 12.3. The maximum Gasteiger partial charge on any atom is 0.253 e. The first kappa shape index (κ1) is 19.0. The van der Waals surface area contributed by atoms with Crippen LogP contribution in [-0.2, 0) is 25.6 Å². The third-order valence-corrected chi connectivity index (χ3v) is 5.32. The fourth-order valence-corrected chi connectivity index (χ4v) is 3.58. The topological polar surface area (TPSA) is 83.6 Å². The fourth-order valence-electron chi connectivity index (χ4n) is 3.58. The lowest BCUT2D eigenvalue weighted by molar-refractivity contribution is -0.137. The van der Waals surface area contributed by atoms with Crippen molar-refractivity contribution >= 4 is 23.5 Å². The molecule has 0 radical (unpaired) electrons. The first-order valence-corrected chi connectivity index (χ1v) is 9.38. The second-order valence-electron chi connectivity index (χ2n) is 7.18. The lowest BCUT2D eigenvalue weighted by atomic mass is 9.94. The van der Waals surface area contributed by atoms with Crippen molar-refractivity contribution in [1.29, 1.82) is 0 Å². The van der Waals surface area contributed by atoms with Crippen LogP contribution in [0, 0.1) is 5.92 Å². The molecule has 1 aliphatic carbocycles. The molecule has 27 heavy (non-hydrogen) atoms. The van der Waals surface area contributed by atoms with Crippen molar-refractivity contribution < 1.29 is 19.2 Å². The zero-order chi connectivity index (χ0) is 19.4. The summed E-state index contributed by atoms with van der Waals surface area (Å²) >= 11 is 0. The monoisotopic (exact) mass is 368 g/mol. The highest BCUT2D eigenvalue weighted by Gasteiger charge is 2.25. The van der Waals surface area contributed by atoms with Gasteiger partial charge in [-0.3, -0.25) is 24.1 Å². The number of carbonyl (C=O) groups is 4. The molecule has 1 N–H and O–H groups in total. The molecular weight excluding hydrogens is 344 g/mol. The minimum atomic E-state index is -0.348. The maximum absolute atomic E-state index is 12.3. The summed E-state index contributed by atoms with van der Waals surface area (Å²) in [7, 11) is 0. The summed E-state index contributed by atoms with van der Waals surface area (Å²) in [6.45, 7) is 2.21. The Morgan fingerprint density at radius 2 is 1.81 bits per heavy atom. The van der Waals surface area contributed by atoms with Gasteiger partial charge in [0, 0.05) is 37.6 Å². The third-order valence-electron chi connectivity index (χ3n) is 5.32. The lowest BCUT2D eigenvalue weighted by Gasteiger charge is -2.17. The number of benzene rings is 1. The minimum Gasteiger partial charge on any atom is -0.354 e. The van der Waals surface area contributed by atoms with Crippen LogP contribution >= 0.6 is 0 Å². The molecule has 1 aromatic carbocycles. The number of amides is 3. The molecule has 3 amide bonds. The first-order valence-electron chi connectivity index (χ1n) is 9.38. The van der Waals surface area contributed by atoms with Crippen molar-refractivity contribution in [2.75, 3.05) is 13.1 Å². The van der Waals surface area contributed by atoms with Crippen molar-refractivity contribution in [3.8, 4) is 0 Å². The molecule has 1 heterocycles. The fraction of sp³-hybridized carbons (Fsp3) is 0.429. The summed E-state index contributed by atoms with van der Waals surface area (Å²) < 4.78 is 0. The van der Waals surface area contributed by atoms with E-state index in [0.717, 1.165) is 35.3 Å². The molecule has 2 aliphatic rings. The van der Waals surface area contributed by atoms with E-state index in [2.05, 4.69) is 5.32 Å². The Kier molecular flexibility index (Phi) is 5.84. The molecule has 0 spiro atoms. The van der Waals surface area contributed by atoms with E-state index in [1.54, 1.807) is 0 Å². The Morgan fingerprint density at radius 3 is 2.41 bits per heavy atom. The molecule has 0 aromatic heterocycles. The molecule has 1 fully saturated rings. The SMILES string of the molecule is CC(C(=O)NCCN1C(=O)C=CC1=O)c1ccc(CC2CCCC2=O)cc1. The largest absolute Gasteiger partial charge is 0.354 e. The number of Topliss-reactive ketones (excluding diaryl/α,β-unsaturated/α-hetero) is 1. The molecule has 3 rings (SSSR count). The summed E-state index contributed by atoms with van der Waals surface area (Å²) in [5, 5.41) is 2.77. The van der Waals surface area contributed by atoms with Crippen molar-refractivity contribution in [2.24, 2.45) is 5.92 Å². The summed E-state index contributed by atoms with van der Waals surface area (Å²) in [4.78, 5) is 48.2. The van der Waals surface area contributed by atoms with Crippen LogP contribution in [0.1, 0.15) is 43.2 Å². The van der Waals surface area contributed by atoms with Crippen LogP contribution in [0.4, 0.5) is 0 Å². The normalized spacial score (nSPS) is 20.4. The van der Waals surface area contributed by atoms with Gasteiger partial charge in [-0.1, -0.05) is 24.3 Å². The van der Waals surface area contributed by atoms with E-state index in [4.69, 9.17) is 0 Å². The predicted molar refractivity (Wildman–Crippen MR) is 99.8 cm³/mol. The van der Waals surface area contributed by atoms with Gasteiger partial charge in [-0.25, -0.2) is 0 Å². The van der Waals surface area contributed by atoms with Gasteiger partial charge in [0.2, 0.25) is 5.91 Å². The average Bonchev–Trinajstić information content (AvgIpc) is 3.21. The highest BCUT2D eigenvalue weighted by molar-refractivity contribution is 6.12. The van der Waals surface area contributed by atoms with Crippen LogP contribution in [0.5, 0.6) is 0 Å². The summed E-state index contributed by atoms with van der Waals surface area (Å²) in [5.74, 6) is -0.688. The van der Waals surface area contributed by atoms with Gasteiger partial charge in [0.25, 0.3) is 11.8 Å². The van der Waals surface area contributed by atoms with Gasteiger partial charge in [0.15, 0.2) is 0 Å². The van der Waals surface area contributed by atoms with Crippen LogP contribution in [0.25, 0.3) is 0 Å². The predicted octanol–water partition coefficient (Wildman–Crippen LogP) is 1.74. The smallest absolute Gasteiger partial charge is 0.253 e. The highest BCUT2D eigenvalue weighted by atomic mass is 16.2. The summed E-state index contributed by atoms with van der Waals surface area (Å²) in [6.07, 6.45) is 5.89. The van der Waals surface area contributed by atoms with Gasteiger partial charge >= 0.3 is 0 Å². The van der Waals surface area contributed by atoms with Gasteiger partial charge in [0.05, 0.1) is 5.92 Å². The van der Waals surface area contributed by atoms with Crippen LogP contribution in [0.15, 0.2) is 36.4 Å². The quantitative estimate of drug-likeness (QED) is 0.743. The number of rotatable bonds is 7. The molecular formula is C21H24N2O4. The number of nitrogens with one attached hydrogen (secondary N) is 1. The van der Waals surface area contributed by atoms with Gasteiger partial charge < -0.3 is 5.32 Å². The van der Waals surface area contributed by atoms with Crippen molar-refractivity contribution in [3.05, 3.63) is 47.5 Å². The van der Waals surface area contributed by atoms with Crippen molar-refractivity contribution in [3.63, 3.8) is 0 Å². The van der Waals surface area contributed by atoms with Crippen LogP contribution in [0.2, 0.25) is 0 Å². The van der Waals surface area contributed by atoms with E-state index < -0.39 is 0 Å². The van der Waals surface area contributed by atoms with E-state index in [-0.39, 0.29) is 42.6 Å². The molecule has 0 bridgehead atoms. The number of imide groups is 1. The molecule has 1 saturated carbocycles. The average molecular weight is 368 g/mol.